The van der Waals surface area contributed by atoms with Gasteiger partial charge in [-0.15, -0.1) is 12.3 Å². The van der Waals surface area contributed by atoms with Gasteiger partial charge in [-0.05, 0) is 50.7 Å². The molecule has 1 aliphatic rings. The molecule has 0 saturated heterocycles. The number of carbonyl (C=O) groups is 3. The van der Waals surface area contributed by atoms with Crippen LogP contribution in [0, 0.1) is 30.1 Å². The van der Waals surface area contributed by atoms with Crippen LogP contribution in [0.3, 0.4) is 0 Å². The minimum absolute atomic E-state index is 0.0440. The first-order valence-electron chi connectivity index (χ1n) is 13.7. The van der Waals surface area contributed by atoms with Crippen LogP contribution < -0.4 is 10.4 Å². The van der Waals surface area contributed by atoms with E-state index in [1.807, 2.05) is 0 Å². The van der Waals surface area contributed by atoms with E-state index in [0.717, 1.165) is 6.42 Å². The highest BCUT2D eigenvalue weighted by molar-refractivity contribution is 6.98. The van der Waals surface area contributed by atoms with Crippen molar-refractivity contribution in [3.63, 3.8) is 0 Å². The molecule has 0 saturated carbocycles. The van der Waals surface area contributed by atoms with Gasteiger partial charge in [-0.3, -0.25) is 14.4 Å². The number of Topliss-reactive ketones (excluding diaryl/α,β-unsaturated/α-hetero) is 2. The molecule has 3 unspecified atom stereocenters. The lowest BCUT2D eigenvalue weighted by Crippen LogP contribution is -2.57. The van der Waals surface area contributed by atoms with Gasteiger partial charge in [-0.25, -0.2) is 0 Å². The van der Waals surface area contributed by atoms with Gasteiger partial charge in [0.25, 0.3) is 0 Å². The molecule has 4 nitrogen and oxygen atoms in total. The number of hydrogen-bond donors (Lipinski definition) is 0. The Labute approximate surface area is 227 Å². The van der Waals surface area contributed by atoms with Crippen LogP contribution in [-0.4, -0.2) is 39.3 Å². The second kappa shape index (κ2) is 11.4. The fourth-order valence-corrected chi connectivity index (χ4v) is 10.4. The summed E-state index contributed by atoms with van der Waals surface area (Å²) in [5.74, 6) is 0.228. The summed E-state index contributed by atoms with van der Waals surface area (Å²) < 4.78 is 5.56. The zero-order chi connectivity index (χ0) is 28.5. The Kier molecular flexibility index (Phi) is 9.64. The van der Waals surface area contributed by atoms with E-state index in [1.54, 1.807) is 39.8 Å². The first-order valence-corrected chi connectivity index (χ1v) is 20.7. The monoisotopic (exact) mass is 540 g/mol. The number of carbonyl (C=O) groups excluding carboxylic acids is 3. The van der Waals surface area contributed by atoms with Gasteiger partial charge in [0, 0.05) is 24.7 Å². The Morgan fingerprint density at radius 2 is 1.57 bits per heavy atom. The first-order chi connectivity index (χ1) is 16.8. The SMILES string of the molecule is C#CCC(CC(C(=O)OC(C)(C)C)C(=O)C(C)C)C(=O)CC1Cc2cc([Si](C)(C)C)c([Si](C)(C)C)cc21. The van der Waals surface area contributed by atoms with Gasteiger partial charge in [-0.2, -0.15) is 0 Å². The van der Waals surface area contributed by atoms with Gasteiger partial charge in [0.05, 0.1) is 16.1 Å². The van der Waals surface area contributed by atoms with E-state index in [9.17, 15) is 14.4 Å². The summed E-state index contributed by atoms with van der Waals surface area (Å²) in [4.78, 5) is 39.5. The third kappa shape index (κ3) is 8.00. The molecular formula is C31H48O4Si2. The van der Waals surface area contributed by atoms with E-state index < -0.39 is 39.6 Å². The lowest BCUT2D eigenvalue weighted by atomic mass is 9.72. The Morgan fingerprint density at radius 1 is 1.03 bits per heavy atom. The van der Waals surface area contributed by atoms with Crippen LogP contribution >= 0.6 is 0 Å². The molecule has 1 aliphatic carbocycles. The summed E-state index contributed by atoms with van der Waals surface area (Å²) >= 11 is 0. The summed E-state index contributed by atoms with van der Waals surface area (Å²) in [6.07, 6.45) is 7.27. The van der Waals surface area contributed by atoms with E-state index in [1.165, 1.54) is 16.3 Å². The number of hydrogen-bond acceptors (Lipinski definition) is 4. The predicted octanol–water partition coefficient (Wildman–Crippen LogP) is 5.59. The topological polar surface area (TPSA) is 60.4 Å². The molecule has 0 bridgehead atoms. The quantitative estimate of drug-likeness (QED) is 0.159. The maximum atomic E-state index is 13.5. The largest absolute Gasteiger partial charge is 0.459 e. The molecule has 2 rings (SSSR count). The van der Waals surface area contributed by atoms with Crippen molar-refractivity contribution in [2.75, 3.05) is 0 Å². The highest BCUT2D eigenvalue weighted by Gasteiger charge is 2.39. The molecule has 1 aromatic rings. The summed E-state index contributed by atoms with van der Waals surface area (Å²) in [5, 5.41) is 3.09. The molecule has 1 aromatic carbocycles. The van der Waals surface area contributed by atoms with Crippen LogP contribution in [0.25, 0.3) is 0 Å². The standard InChI is InChI=1S/C31H48O4Si2/c1-13-14-21(16-25(29(33)20(2)3)30(34)35-31(4,5)6)26(32)17-22-15-23-18-27(36(7,8)9)28(19-24(22)23)37(10,11)12/h1,18-22,25H,14-17H2,2-12H3. The maximum absolute atomic E-state index is 13.5. The predicted molar refractivity (Wildman–Crippen MR) is 159 cm³/mol. The number of esters is 1. The molecular weight excluding hydrogens is 493 g/mol. The van der Waals surface area contributed by atoms with E-state index in [4.69, 9.17) is 11.2 Å². The highest BCUT2D eigenvalue weighted by atomic mass is 28.3. The molecule has 0 N–H and O–H groups in total. The normalized spacial score (nSPS) is 17.3. The Morgan fingerprint density at radius 3 is 2.03 bits per heavy atom. The number of terminal acetylenes is 1. The van der Waals surface area contributed by atoms with E-state index in [0.29, 0.717) is 6.42 Å². The van der Waals surface area contributed by atoms with Crippen molar-refractivity contribution in [1.82, 2.24) is 0 Å². The van der Waals surface area contributed by atoms with Crippen LogP contribution in [-0.2, 0) is 25.5 Å². The van der Waals surface area contributed by atoms with Crippen LogP contribution in [0.2, 0.25) is 39.3 Å². The molecule has 0 fully saturated rings. The number of fused-ring (bicyclic) bond motifs is 1. The zero-order valence-electron chi connectivity index (χ0n) is 25.0. The average molecular weight is 541 g/mol. The Hall–Kier alpha value is -1.98. The third-order valence-corrected chi connectivity index (χ3v) is 11.5. The van der Waals surface area contributed by atoms with Crippen molar-refractivity contribution in [3.8, 4) is 12.3 Å². The highest BCUT2D eigenvalue weighted by Crippen LogP contribution is 2.39. The van der Waals surface area contributed by atoms with Crippen LogP contribution in [0.4, 0.5) is 0 Å². The second-order valence-electron chi connectivity index (χ2n) is 14.2. The Balaban J connectivity index is 2.30. The molecule has 204 valence electrons. The number of rotatable bonds is 11. The summed E-state index contributed by atoms with van der Waals surface area (Å²) in [5.41, 5.74) is 1.96. The first kappa shape index (κ1) is 31.2. The van der Waals surface area contributed by atoms with E-state index >= 15 is 0 Å². The lowest BCUT2D eigenvalue weighted by molar-refractivity contribution is -0.163. The van der Waals surface area contributed by atoms with Crippen molar-refractivity contribution >= 4 is 44.1 Å². The minimum Gasteiger partial charge on any atom is -0.459 e. The molecule has 37 heavy (non-hydrogen) atoms. The average Bonchev–Trinajstić information content (AvgIpc) is 2.70. The van der Waals surface area contributed by atoms with Crippen molar-refractivity contribution in [2.24, 2.45) is 17.8 Å². The zero-order valence-corrected chi connectivity index (χ0v) is 27.0. The lowest BCUT2D eigenvalue weighted by Gasteiger charge is -2.37. The molecule has 3 atom stereocenters. The fourth-order valence-electron chi connectivity index (χ4n) is 5.15. The van der Waals surface area contributed by atoms with Gasteiger partial charge in [0.1, 0.15) is 23.1 Å². The molecule has 6 heteroatoms. The van der Waals surface area contributed by atoms with Gasteiger partial charge in [0.15, 0.2) is 0 Å². The maximum Gasteiger partial charge on any atom is 0.317 e. The molecule has 0 heterocycles. The number of ether oxygens (including phenoxy) is 1. The minimum atomic E-state index is -1.56. The molecule has 0 spiro atoms. The molecule has 0 amide bonds. The fraction of sp³-hybridized carbons (Fsp3) is 0.645. The van der Waals surface area contributed by atoms with Gasteiger partial charge < -0.3 is 4.74 Å². The smallest absolute Gasteiger partial charge is 0.317 e. The van der Waals surface area contributed by atoms with Crippen LogP contribution in [0.1, 0.15) is 70.9 Å². The second-order valence-corrected chi connectivity index (χ2v) is 24.2. The summed E-state index contributed by atoms with van der Waals surface area (Å²) in [6.45, 7) is 23.3. The van der Waals surface area contributed by atoms with Crippen molar-refractivity contribution < 1.29 is 19.1 Å². The number of benzene rings is 1. The number of ketones is 2. The van der Waals surface area contributed by atoms with Crippen molar-refractivity contribution in [2.45, 2.75) is 111 Å². The Bertz CT molecular complexity index is 1070. The summed E-state index contributed by atoms with van der Waals surface area (Å²) in [6, 6.07) is 4.83. The van der Waals surface area contributed by atoms with E-state index in [-0.39, 0.29) is 36.2 Å². The molecule has 0 aliphatic heterocycles. The summed E-state index contributed by atoms with van der Waals surface area (Å²) in [7, 11) is -3.04. The molecule has 0 aromatic heterocycles. The van der Waals surface area contributed by atoms with Crippen molar-refractivity contribution in [3.05, 3.63) is 23.3 Å². The third-order valence-electron chi connectivity index (χ3n) is 7.19. The van der Waals surface area contributed by atoms with Crippen LogP contribution in [0.5, 0.6) is 0 Å². The van der Waals surface area contributed by atoms with Crippen molar-refractivity contribution in [1.29, 1.82) is 0 Å². The molecule has 0 radical (unpaired) electrons. The van der Waals surface area contributed by atoms with Gasteiger partial charge in [0.2, 0.25) is 0 Å². The van der Waals surface area contributed by atoms with Crippen LogP contribution in [0.15, 0.2) is 12.1 Å². The van der Waals surface area contributed by atoms with E-state index in [2.05, 4.69) is 57.3 Å². The van der Waals surface area contributed by atoms with Gasteiger partial charge >= 0.3 is 5.97 Å². The van der Waals surface area contributed by atoms with Gasteiger partial charge in [-0.1, -0.05) is 75.6 Å².